The summed E-state index contributed by atoms with van der Waals surface area (Å²) < 4.78 is 7.05. The third-order valence-electron chi connectivity index (χ3n) is 1.92. The van der Waals surface area contributed by atoms with Gasteiger partial charge in [-0.3, -0.25) is 0 Å². The highest BCUT2D eigenvalue weighted by Gasteiger charge is 2.02. The topological polar surface area (TPSA) is 52.8 Å². The van der Waals surface area contributed by atoms with E-state index >= 15 is 0 Å². The van der Waals surface area contributed by atoms with Crippen molar-refractivity contribution in [1.82, 2.24) is 19.7 Å². The van der Waals surface area contributed by atoms with Gasteiger partial charge in [-0.1, -0.05) is 0 Å². The first kappa shape index (κ1) is 9.08. The van der Waals surface area contributed by atoms with Gasteiger partial charge < -0.3 is 4.74 Å². The Morgan fingerprint density at radius 3 is 3.07 bits per heavy atom. The minimum absolute atomic E-state index is 0.657. The van der Waals surface area contributed by atoms with E-state index in [1.807, 2.05) is 6.92 Å². The molecule has 0 N–H and O–H groups in total. The van der Waals surface area contributed by atoms with Crippen molar-refractivity contribution in [2.24, 2.45) is 0 Å². The molecule has 5 nitrogen and oxygen atoms in total. The molecule has 2 rings (SSSR count). The maximum absolute atomic E-state index is 5.25. The fourth-order valence-corrected chi connectivity index (χ4v) is 1.27. The van der Waals surface area contributed by atoms with E-state index in [4.69, 9.17) is 4.74 Å². The summed E-state index contributed by atoms with van der Waals surface area (Å²) in [7, 11) is 0. The van der Waals surface area contributed by atoms with E-state index in [1.165, 1.54) is 0 Å². The lowest BCUT2D eigenvalue weighted by molar-refractivity contribution is 0.137. The van der Waals surface area contributed by atoms with Crippen LogP contribution < -0.4 is 0 Å². The summed E-state index contributed by atoms with van der Waals surface area (Å²) >= 11 is 0. The first-order valence-corrected chi connectivity index (χ1v) is 4.62. The van der Waals surface area contributed by atoms with E-state index in [1.54, 1.807) is 23.3 Å². The summed E-state index contributed by atoms with van der Waals surface area (Å²) in [5.41, 5.74) is 1.64. The van der Waals surface area contributed by atoms with Gasteiger partial charge in [-0.05, 0) is 6.92 Å². The minimum Gasteiger partial charge on any atom is -0.380 e. The average Bonchev–Trinajstić information content (AvgIpc) is 2.63. The third-order valence-corrected chi connectivity index (χ3v) is 1.92. The minimum atomic E-state index is 0.657. The number of hydrogen-bond donors (Lipinski definition) is 0. The standard InChI is InChI=1S/C9H12N4O/c1-2-14-6-5-13-9-8(7-12-13)10-3-4-11-9/h3-4,7H,2,5-6H2,1H3. The van der Waals surface area contributed by atoms with Gasteiger partial charge in [-0.2, -0.15) is 5.10 Å². The predicted octanol–water partition coefficient (Wildman–Crippen LogP) is 0.863. The molecule has 0 aliphatic rings. The zero-order valence-corrected chi connectivity index (χ0v) is 8.05. The quantitative estimate of drug-likeness (QED) is 0.674. The molecule has 2 aromatic heterocycles. The maximum atomic E-state index is 5.25. The Kier molecular flexibility index (Phi) is 2.69. The molecule has 0 aromatic carbocycles. The van der Waals surface area contributed by atoms with Gasteiger partial charge >= 0.3 is 0 Å². The van der Waals surface area contributed by atoms with Gasteiger partial charge in [0.1, 0.15) is 5.52 Å². The van der Waals surface area contributed by atoms with Crippen molar-refractivity contribution in [3.63, 3.8) is 0 Å². The second kappa shape index (κ2) is 4.15. The Hall–Kier alpha value is -1.49. The Morgan fingerprint density at radius 1 is 1.36 bits per heavy atom. The van der Waals surface area contributed by atoms with Gasteiger partial charge in [-0.25, -0.2) is 14.6 Å². The monoisotopic (exact) mass is 192 g/mol. The molecule has 0 atom stereocenters. The molecular weight excluding hydrogens is 180 g/mol. The van der Waals surface area contributed by atoms with Crippen LogP contribution in [-0.4, -0.2) is 33.0 Å². The molecule has 0 aliphatic heterocycles. The summed E-state index contributed by atoms with van der Waals surface area (Å²) in [5.74, 6) is 0. The average molecular weight is 192 g/mol. The van der Waals surface area contributed by atoms with Gasteiger partial charge in [0.2, 0.25) is 0 Å². The lowest BCUT2D eigenvalue weighted by Crippen LogP contribution is -2.07. The molecular formula is C9H12N4O. The van der Waals surface area contributed by atoms with Crippen molar-refractivity contribution in [2.75, 3.05) is 13.2 Å². The third kappa shape index (κ3) is 1.72. The summed E-state index contributed by atoms with van der Waals surface area (Å²) in [6.45, 7) is 4.08. The summed E-state index contributed by atoms with van der Waals surface area (Å²) in [5, 5.41) is 4.18. The highest BCUT2D eigenvalue weighted by atomic mass is 16.5. The fourth-order valence-electron chi connectivity index (χ4n) is 1.27. The molecule has 0 bridgehead atoms. The van der Waals surface area contributed by atoms with Crippen LogP contribution in [0.5, 0.6) is 0 Å². The number of hydrogen-bond acceptors (Lipinski definition) is 4. The van der Waals surface area contributed by atoms with Crippen LogP contribution in [0.1, 0.15) is 6.92 Å². The Balaban J connectivity index is 2.17. The molecule has 0 saturated carbocycles. The van der Waals surface area contributed by atoms with Crippen LogP contribution in [0.2, 0.25) is 0 Å². The van der Waals surface area contributed by atoms with E-state index in [2.05, 4.69) is 15.1 Å². The van der Waals surface area contributed by atoms with Crippen molar-refractivity contribution in [3.05, 3.63) is 18.6 Å². The van der Waals surface area contributed by atoms with Gasteiger partial charge in [0.15, 0.2) is 5.65 Å². The summed E-state index contributed by atoms with van der Waals surface area (Å²) in [4.78, 5) is 8.35. The predicted molar refractivity (Wildman–Crippen MR) is 51.8 cm³/mol. The van der Waals surface area contributed by atoms with E-state index in [9.17, 15) is 0 Å². The second-order valence-corrected chi connectivity index (χ2v) is 2.83. The van der Waals surface area contributed by atoms with Crippen LogP contribution in [0.4, 0.5) is 0 Å². The first-order valence-electron chi connectivity index (χ1n) is 4.62. The molecule has 0 unspecified atom stereocenters. The van der Waals surface area contributed by atoms with Crippen molar-refractivity contribution in [2.45, 2.75) is 13.5 Å². The molecule has 0 amide bonds. The summed E-state index contributed by atoms with van der Waals surface area (Å²) in [6, 6.07) is 0. The largest absolute Gasteiger partial charge is 0.380 e. The van der Waals surface area contributed by atoms with Crippen molar-refractivity contribution >= 4 is 11.2 Å². The molecule has 0 fully saturated rings. The van der Waals surface area contributed by atoms with Gasteiger partial charge in [-0.15, -0.1) is 0 Å². The number of rotatable bonds is 4. The van der Waals surface area contributed by atoms with Crippen LogP contribution in [-0.2, 0) is 11.3 Å². The van der Waals surface area contributed by atoms with Crippen molar-refractivity contribution in [3.8, 4) is 0 Å². The maximum Gasteiger partial charge on any atom is 0.176 e. The lowest BCUT2D eigenvalue weighted by atomic mass is 10.5. The van der Waals surface area contributed by atoms with Crippen LogP contribution in [0.15, 0.2) is 18.6 Å². The molecule has 0 aliphatic carbocycles. The smallest absolute Gasteiger partial charge is 0.176 e. The highest BCUT2D eigenvalue weighted by molar-refractivity contribution is 5.68. The normalized spacial score (nSPS) is 10.9. The van der Waals surface area contributed by atoms with E-state index in [-0.39, 0.29) is 0 Å². The Labute approximate surface area is 81.7 Å². The van der Waals surface area contributed by atoms with Gasteiger partial charge in [0, 0.05) is 19.0 Å². The molecule has 14 heavy (non-hydrogen) atoms. The van der Waals surface area contributed by atoms with Crippen LogP contribution >= 0.6 is 0 Å². The molecule has 0 radical (unpaired) electrons. The lowest BCUT2D eigenvalue weighted by Gasteiger charge is -2.01. The first-order chi connectivity index (χ1) is 6.92. The molecule has 74 valence electrons. The zero-order chi connectivity index (χ0) is 9.80. The molecule has 0 spiro atoms. The molecule has 2 heterocycles. The molecule has 2 aromatic rings. The van der Waals surface area contributed by atoms with Crippen molar-refractivity contribution in [1.29, 1.82) is 0 Å². The van der Waals surface area contributed by atoms with E-state index in [0.717, 1.165) is 24.3 Å². The fraction of sp³-hybridized carbons (Fsp3) is 0.444. The van der Waals surface area contributed by atoms with E-state index in [0.29, 0.717) is 6.61 Å². The van der Waals surface area contributed by atoms with Crippen LogP contribution in [0.3, 0.4) is 0 Å². The Morgan fingerprint density at radius 2 is 2.21 bits per heavy atom. The number of nitrogens with zero attached hydrogens (tertiary/aromatic N) is 4. The number of ether oxygens (including phenoxy) is 1. The van der Waals surface area contributed by atoms with Crippen molar-refractivity contribution < 1.29 is 4.74 Å². The molecule has 0 saturated heterocycles. The van der Waals surface area contributed by atoms with Gasteiger partial charge in [0.25, 0.3) is 0 Å². The second-order valence-electron chi connectivity index (χ2n) is 2.83. The Bertz CT molecular complexity index is 412. The van der Waals surface area contributed by atoms with Crippen LogP contribution in [0.25, 0.3) is 11.2 Å². The SMILES string of the molecule is CCOCCn1ncc2nccnc21. The summed E-state index contributed by atoms with van der Waals surface area (Å²) in [6.07, 6.45) is 5.05. The number of fused-ring (bicyclic) bond motifs is 1. The van der Waals surface area contributed by atoms with Gasteiger partial charge in [0.05, 0.1) is 19.3 Å². The zero-order valence-electron chi connectivity index (χ0n) is 8.05. The van der Waals surface area contributed by atoms with E-state index < -0.39 is 0 Å². The highest BCUT2D eigenvalue weighted by Crippen LogP contribution is 2.05. The van der Waals surface area contributed by atoms with Crippen LogP contribution in [0, 0.1) is 0 Å². The number of aromatic nitrogens is 4. The molecule has 5 heteroatoms.